The van der Waals surface area contributed by atoms with E-state index in [0.29, 0.717) is 12.3 Å². The van der Waals surface area contributed by atoms with E-state index in [0.717, 1.165) is 22.1 Å². The summed E-state index contributed by atoms with van der Waals surface area (Å²) in [5, 5.41) is 2.11. The molecule has 21 heavy (non-hydrogen) atoms. The van der Waals surface area contributed by atoms with Gasteiger partial charge in [0.05, 0.1) is 12.9 Å². The minimum absolute atomic E-state index is 0.0568. The zero-order valence-electron chi connectivity index (χ0n) is 11.8. The second kappa shape index (κ2) is 7.11. The van der Waals surface area contributed by atoms with Crippen molar-refractivity contribution in [3.63, 3.8) is 0 Å². The average molecular weight is 328 g/mol. The molecule has 2 aromatic carbocycles. The molecule has 0 fully saturated rings. The summed E-state index contributed by atoms with van der Waals surface area (Å²) in [5.74, 6) is 1.21. The van der Waals surface area contributed by atoms with Gasteiger partial charge in [-0.25, -0.2) is 13.1 Å². The molecule has 0 bridgehead atoms. The van der Waals surface area contributed by atoms with Gasteiger partial charge in [0.2, 0.25) is 10.0 Å². The molecule has 0 atom stereocenters. The maximum atomic E-state index is 11.7. The monoisotopic (exact) mass is 327 g/mol. The van der Waals surface area contributed by atoms with Crippen LogP contribution in [0.15, 0.2) is 36.4 Å². The van der Waals surface area contributed by atoms with E-state index in [1.54, 1.807) is 7.11 Å². The first kappa shape index (κ1) is 16.1. The number of sulfonamides is 1. The maximum Gasteiger partial charge on any atom is 0.211 e. The van der Waals surface area contributed by atoms with Crippen LogP contribution in [-0.2, 0) is 16.6 Å². The second-order valence-corrected chi connectivity index (χ2v) is 7.03. The second-order valence-electron chi connectivity index (χ2n) is 4.73. The summed E-state index contributed by atoms with van der Waals surface area (Å²) in [5.41, 5.74) is 0.919. The van der Waals surface area contributed by atoms with E-state index in [-0.39, 0.29) is 12.3 Å². The van der Waals surface area contributed by atoms with Crippen LogP contribution in [0.5, 0.6) is 5.75 Å². The number of hydrogen-bond donors (Lipinski definition) is 1. The Bertz CT molecular complexity index is 716. The molecular formula is C15H18ClNO3S. The van der Waals surface area contributed by atoms with Crippen molar-refractivity contribution in [2.75, 3.05) is 18.7 Å². The van der Waals surface area contributed by atoms with Gasteiger partial charge in [-0.15, -0.1) is 11.6 Å². The summed E-state index contributed by atoms with van der Waals surface area (Å²) in [6.07, 6.45) is 0.453. The highest BCUT2D eigenvalue weighted by Crippen LogP contribution is 2.21. The smallest absolute Gasteiger partial charge is 0.211 e. The normalized spacial score (nSPS) is 11.7. The van der Waals surface area contributed by atoms with Crippen molar-refractivity contribution in [3.8, 4) is 5.75 Å². The first-order chi connectivity index (χ1) is 10.0. The Morgan fingerprint density at radius 2 is 1.86 bits per heavy atom. The lowest BCUT2D eigenvalue weighted by Crippen LogP contribution is -2.26. The number of benzene rings is 2. The van der Waals surface area contributed by atoms with Gasteiger partial charge >= 0.3 is 0 Å². The van der Waals surface area contributed by atoms with Gasteiger partial charge in [0.25, 0.3) is 0 Å². The van der Waals surface area contributed by atoms with Crippen molar-refractivity contribution in [1.82, 2.24) is 4.72 Å². The van der Waals surface area contributed by atoms with Gasteiger partial charge in [0.1, 0.15) is 5.75 Å². The predicted molar refractivity (Wildman–Crippen MR) is 86.5 cm³/mol. The van der Waals surface area contributed by atoms with E-state index in [1.807, 2.05) is 36.4 Å². The van der Waals surface area contributed by atoms with Gasteiger partial charge in [-0.3, -0.25) is 0 Å². The van der Waals surface area contributed by atoms with Crippen molar-refractivity contribution in [2.24, 2.45) is 0 Å². The Kier molecular flexibility index (Phi) is 5.45. The average Bonchev–Trinajstić information content (AvgIpc) is 2.50. The minimum atomic E-state index is -3.26. The molecule has 0 spiro atoms. The van der Waals surface area contributed by atoms with Crippen LogP contribution in [0.2, 0.25) is 0 Å². The van der Waals surface area contributed by atoms with Crippen molar-refractivity contribution in [3.05, 3.63) is 42.0 Å². The van der Waals surface area contributed by atoms with Crippen molar-refractivity contribution >= 4 is 32.4 Å². The number of halogens is 1. The molecule has 4 nitrogen and oxygen atoms in total. The van der Waals surface area contributed by atoms with Gasteiger partial charge < -0.3 is 4.74 Å². The molecule has 0 aliphatic carbocycles. The SMILES string of the molecule is COc1ccc2cc(CNS(=O)(=O)CCCCl)ccc2c1. The fourth-order valence-electron chi connectivity index (χ4n) is 2.02. The Morgan fingerprint density at radius 3 is 2.57 bits per heavy atom. The molecule has 0 amide bonds. The summed E-state index contributed by atoms with van der Waals surface area (Å²) in [6.45, 7) is 0.284. The highest BCUT2D eigenvalue weighted by atomic mass is 35.5. The van der Waals surface area contributed by atoms with E-state index >= 15 is 0 Å². The number of ether oxygens (including phenoxy) is 1. The van der Waals surface area contributed by atoms with Gasteiger partial charge in [-0.05, 0) is 41.0 Å². The summed E-state index contributed by atoms with van der Waals surface area (Å²) >= 11 is 5.51. The zero-order valence-corrected chi connectivity index (χ0v) is 13.4. The number of hydrogen-bond acceptors (Lipinski definition) is 3. The summed E-state index contributed by atoms with van der Waals surface area (Å²) < 4.78 is 31.2. The summed E-state index contributed by atoms with van der Waals surface area (Å²) in [4.78, 5) is 0. The topological polar surface area (TPSA) is 55.4 Å². The van der Waals surface area contributed by atoms with Crippen molar-refractivity contribution in [2.45, 2.75) is 13.0 Å². The molecule has 0 aliphatic heterocycles. The number of alkyl halides is 1. The number of fused-ring (bicyclic) bond motifs is 1. The van der Waals surface area contributed by atoms with E-state index < -0.39 is 10.0 Å². The van der Waals surface area contributed by atoms with Crippen LogP contribution in [-0.4, -0.2) is 27.2 Å². The van der Waals surface area contributed by atoms with Gasteiger partial charge in [0, 0.05) is 12.4 Å². The van der Waals surface area contributed by atoms with Crippen LogP contribution in [0, 0.1) is 0 Å². The minimum Gasteiger partial charge on any atom is -0.497 e. The van der Waals surface area contributed by atoms with E-state index in [1.165, 1.54) is 0 Å². The largest absolute Gasteiger partial charge is 0.497 e. The first-order valence-electron chi connectivity index (χ1n) is 6.64. The van der Waals surface area contributed by atoms with Crippen LogP contribution in [0.4, 0.5) is 0 Å². The van der Waals surface area contributed by atoms with Crippen molar-refractivity contribution in [1.29, 1.82) is 0 Å². The van der Waals surface area contributed by atoms with Crippen LogP contribution < -0.4 is 9.46 Å². The van der Waals surface area contributed by atoms with Crippen LogP contribution in [0.25, 0.3) is 10.8 Å². The molecule has 0 aromatic heterocycles. The van der Waals surface area contributed by atoms with Gasteiger partial charge in [0.15, 0.2) is 0 Å². The number of rotatable bonds is 7. The highest BCUT2D eigenvalue weighted by molar-refractivity contribution is 7.89. The Hall–Kier alpha value is -1.30. The molecule has 0 saturated heterocycles. The molecule has 0 aliphatic rings. The Balaban J connectivity index is 2.09. The lowest BCUT2D eigenvalue weighted by atomic mass is 10.1. The van der Waals surface area contributed by atoms with Gasteiger partial charge in [-0.1, -0.05) is 18.2 Å². The molecule has 0 unspecified atom stereocenters. The van der Waals surface area contributed by atoms with Crippen LogP contribution >= 0.6 is 11.6 Å². The summed E-state index contributed by atoms with van der Waals surface area (Å²) in [6, 6.07) is 11.6. The molecule has 1 N–H and O–H groups in total. The van der Waals surface area contributed by atoms with Crippen molar-refractivity contribution < 1.29 is 13.2 Å². The molecule has 0 saturated carbocycles. The molecule has 6 heteroatoms. The Labute approximate surface area is 130 Å². The van der Waals surface area contributed by atoms with Gasteiger partial charge in [-0.2, -0.15) is 0 Å². The fraction of sp³-hybridized carbons (Fsp3) is 0.333. The number of methoxy groups -OCH3 is 1. The van der Waals surface area contributed by atoms with Crippen LogP contribution in [0.1, 0.15) is 12.0 Å². The fourth-order valence-corrected chi connectivity index (χ4v) is 3.37. The molecule has 2 rings (SSSR count). The summed E-state index contributed by atoms with van der Waals surface area (Å²) in [7, 11) is -1.63. The first-order valence-corrected chi connectivity index (χ1v) is 8.83. The molecule has 114 valence electrons. The third-order valence-electron chi connectivity index (χ3n) is 3.15. The zero-order chi connectivity index (χ0) is 15.3. The maximum absolute atomic E-state index is 11.7. The van der Waals surface area contributed by atoms with E-state index in [9.17, 15) is 8.42 Å². The molecule has 0 heterocycles. The lowest BCUT2D eigenvalue weighted by molar-refractivity contribution is 0.415. The lowest BCUT2D eigenvalue weighted by Gasteiger charge is -2.08. The number of nitrogens with one attached hydrogen (secondary N) is 1. The quantitative estimate of drug-likeness (QED) is 0.796. The van der Waals surface area contributed by atoms with E-state index in [2.05, 4.69) is 4.72 Å². The third kappa shape index (κ3) is 4.59. The predicted octanol–water partition coefficient (Wildman–Crippen LogP) is 2.90. The van der Waals surface area contributed by atoms with Crippen LogP contribution in [0.3, 0.4) is 0 Å². The van der Waals surface area contributed by atoms with E-state index in [4.69, 9.17) is 16.3 Å². The highest BCUT2D eigenvalue weighted by Gasteiger charge is 2.09. The molecule has 2 aromatic rings. The molecule has 0 radical (unpaired) electrons. The standard InChI is InChI=1S/C15H18ClNO3S/c1-20-15-6-5-13-9-12(3-4-14(13)10-15)11-17-21(18,19)8-2-7-16/h3-6,9-10,17H,2,7-8,11H2,1H3. The molecular weight excluding hydrogens is 310 g/mol. The third-order valence-corrected chi connectivity index (χ3v) is 4.83. The Morgan fingerprint density at radius 1 is 1.14 bits per heavy atom.